The van der Waals surface area contributed by atoms with Crippen LogP contribution < -0.4 is 5.32 Å². The molecule has 2 rings (SSSR count). The molecule has 4 nitrogen and oxygen atoms in total. The fraction of sp³-hybridized carbons (Fsp3) is 0.429. The van der Waals surface area contributed by atoms with Crippen molar-refractivity contribution in [2.75, 3.05) is 19.6 Å². The maximum atomic E-state index is 11.9. The highest BCUT2D eigenvalue weighted by Gasteiger charge is 2.17. The van der Waals surface area contributed by atoms with Gasteiger partial charge >= 0.3 is 0 Å². The van der Waals surface area contributed by atoms with Crippen LogP contribution in [-0.4, -0.2) is 36.3 Å². The molecule has 2 amide bonds. The zero-order valence-corrected chi connectivity index (χ0v) is 11.7. The van der Waals surface area contributed by atoms with Gasteiger partial charge in [-0.3, -0.25) is 9.59 Å². The summed E-state index contributed by atoms with van der Waals surface area (Å²) in [6.45, 7) is 1.68. The largest absolute Gasteiger partial charge is 0.343 e. The molecule has 0 aromatic heterocycles. The molecule has 0 atom stereocenters. The molecule has 0 radical (unpaired) electrons. The predicted octanol–water partition coefficient (Wildman–Crippen LogP) is 1.72. The van der Waals surface area contributed by atoms with Crippen molar-refractivity contribution in [1.82, 2.24) is 10.2 Å². The molecule has 1 heterocycles. The summed E-state index contributed by atoms with van der Waals surface area (Å²) in [5.74, 6) is -0.240. The van der Waals surface area contributed by atoms with Gasteiger partial charge in [-0.05, 0) is 37.5 Å². The van der Waals surface area contributed by atoms with E-state index in [2.05, 4.69) is 17.9 Å². The summed E-state index contributed by atoms with van der Waals surface area (Å²) in [7, 11) is 0. The van der Waals surface area contributed by atoms with Crippen LogP contribution in [0, 0.1) is 0 Å². The topological polar surface area (TPSA) is 49.4 Å². The third kappa shape index (κ3) is 3.99. The van der Waals surface area contributed by atoms with Crippen molar-refractivity contribution >= 4 is 24.4 Å². The van der Waals surface area contributed by atoms with E-state index in [1.165, 1.54) is 6.42 Å². The average molecular weight is 278 g/mol. The van der Waals surface area contributed by atoms with Crippen LogP contribution in [0.5, 0.6) is 0 Å². The van der Waals surface area contributed by atoms with Crippen molar-refractivity contribution in [3.05, 3.63) is 29.8 Å². The molecule has 0 bridgehead atoms. The first-order chi connectivity index (χ1) is 9.16. The Morgan fingerprint density at radius 1 is 1.21 bits per heavy atom. The van der Waals surface area contributed by atoms with Crippen LogP contribution in [0.25, 0.3) is 0 Å². The average Bonchev–Trinajstić information content (AvgIpc) is 2.45. The van der Waals surface area contributed by atoms with Gasteiger partial charge in [0.15, 0.2) is 0 Å². The van der Waals surface area contributed by atoms with Gasteiger partial charge in [0.1, 0.15) is 0 Å². The molecule has 0 unspecified atom stereocenters. The number of likely N-dealkylation sites (tertiary alicyclic amines) is 1. The van der Waals surface area contributed by atoms with Crippen molar-refractivity contribution in [1.29, 1.82) is 0 Å². The minimum atomic E-state index is -0.235. The van der Waals surface area contributed by atoms with Gasteiger partial charge in [0, 0.05) is 23.5 Å². The summed E-state index contributed by atoms with van der Waals surface area (Å²) in [6.07, 6.45) is 3.30. The van der Waals surface area contributed by atoms with Crippen LogP contribution in [0.15, 0.2) is 29.2 Å². The molecule has 19 heavy (non-hydrogen) atoms. The molecule has 1 saturated heterocycles. The van der Waals surface area contributed by atoms with E-state index >= 15 is 0 Å². The molecule has 1 aliphatic heterocycles. The van der Waals surface area contributed by atoms with Crippen LogP contribution in [0.4, 0.5) is 0 Å². The summed E-state index contributed by atoms with van der Waals surface area (Å²) in [6, 6.07) is 6.96. The Kier molecular flexibility index (Phi) is 4.85. The molecule has 102 valence electrons. The Balaban J connectivity index is 1.84. The number of thiol groups is 1. The molecule has 0 aliphatic carbocycles. The van der Waals surface area contributed by atoms with Crippen molar-refractivity contribution in [2.24, 2.45) is 0 Å². The monoisotopic (exact) mass is 278 g/mol. The normalized spacial score (nSPS) is 15.1. The fourth-order valence-electron chi connectivity index (χ4n) is 2.16. The van der Waals surface area contributed by atoms with Crippen molar-refractivity contribution < 1.29 is 9.59 Å². The number of piperidine rings is 1. The zero-order valence-electron chi connectivity index (χ0n) is 10.8. The van der Waals surface area contributed by atoms with Crippen molar-refractivity contribution in [3.63, 3.8) is 0 Å². The molecular weight excluding hydrogens is 260 g/mol. The molecule has 5 heteroatoms. The van der Waals surface area contributed by atoms with Crippen molar-refractivity contribution in [3.8, 4) is 0 Å². The maximum absolute atomic E-state index is 11.9. The molecule has 1 N–H and O–H groups in total. The number of carbonyl (C=O) groups excluding carboxylic acids is 2. The van der Waals surface area contributed by atoms with Crippen LogP contribution in [0.1, 0.15) is 29.6 Å². The first kappa shape index (κ1) is 13.9. The number of benzene rings is 1. The zero-order chi connectivity index (χ0) is 13.7. The Hall–Kier alpha value is -1.49. The first-order valence-electron chi connectivity index (χ1n) is 6.52. The molecule has 1 aliphatic rings. The highest BCUT2D eigenvalue weighted by molar-refractivity contribution is 7.80. The lowest BCUT2D eigenvalue weighted by Gasteiger charge is -2.26. The van der Waals surface area contributed by atoms with E-state index in [4.69, 9.17) is 0 Å². The number of nitrogens with zero attached hydrogens (tertiary/aromatic N) is 1. The lowest BCUT2D eigenvalue weighted by atomic mass is 10.1. The summed E-state index contributed by atoms with van der Waals surface area (Å²) >= 11 is 4.19. The quantitative estimate of drug-likeness (QED) is 0.827. The number of amides is 2. The van der Waals surface area contributed by atoms with E-state index in [0.29, 0.717) is 5.56 Å². The molecule has 1 aromatic carbocycles. The summed E-state index contributed by atoms with van der Waals surface area (Å²) in [5, 5.41) is 2.66. The molecular formula is C14H18N2O2S. The standard InChI is InChI=1S/C14H18N2O2S/c17-13(16-7-2-1-3-8-16)10-15-14(18)11-5-4-6-12(19)9-11/h4-6,9,19H,1-3,7-8,10H2,(H,15,18). The van der Waals surface area contributed by atoms with Gasteiger partial charge in [0.05, 0.1) is 6.54 Å². The van der Waals surface area contributed by atoms with Gasteiger partial charge in [-0.25, -0.2) is 0 Å². The van der Waals surface area contributed by atoms with E-state index in [0.717, 1.165) is 30.8 Å². The Morgan fingerprint density at radius 3 is 2.63 bits per heavy atom. The maximum Gasteiger partial charge on any atom is 0.251 e. The van der Waals surface area contributed by atoms with E-state index in [1.807, 2.05) is 4.90 Å². The fourth-order valence-corrected chi connectivity index (χ4v) is 2.39. The summed E-state index contributed by atoms with van der Waals surface area (Å²) in [4.78, 5) is 26.3. The van der Waals surface area contributed by atoms with Crippen LogP contribution in [0.3, 0.4) is 0 Å². The Labute approximate surface area is 118 Å². The van der Waals surface area contributed by atoms with Crippen LogP contribution in [0.2, 0.25) is 0 Å². The molecule has 1 aromatic rings. The third-order valence-corrected chi connectivity index (χ3v) is 3.50. The predicted molar refractivity (Wildman–Crippen MR) is 76.5 cm³/mol. The first-order valence-corrected chi connectivity index (χ1v) is 6.96. The van der Waals surface area contributed by atoms with Crippen LogP contribution in [-0.2, 0) is 4.79 Å². The Morgan fingerprint density at radius 2 is 1.95 bits per heavy atom. The summed E-state index contributed by atoms with van der Waals surface area (Å²) in [5.41, 5.74) is 0.527. The summed E-state index contributed by atoms with van der Waals surface area (Å²) < 4.78 is 0. The molecule has 0 spiro atoms. The second kappa shape index (κ2) is 6.61. The number of hydrogen-bond donors (Lipinski definition) is 2. The van der Waals surface area contributed by atoms with E-state index < -0.39 is 0 Å². The van der Waals surface area contributed by atoms with Crippen LogP contribution >= 0.6 is 12.6 Å². The minimum absolute atomic E-state index is 0.00456. The highest BCUT2D eigenvalue weighted by atomic mass is 32.1. The SMILES string of the molecule is O=C(NCC(=O)N1CCCCC1)c1cccc(S)c1. The second-order valence-electron chi connectivity index (χ2n) is 4.67. The van der Waals surface area contributed by atoms with Gasteiger partial charge in [-0.1, -0.05) is 6.07 Å². The van der Waals surface area contributed by atoms with Gasteiger partial charge < -0.3 is 10.2 Å². The number of carbonyl (C=O) groups is 2. The van der Waals surface area contributed by atoms with Gasteiger partial charge in [-0.2, -0.15) is 0 Å². The molecule has 1 fully saturated rings. The smallest absolute Gasteiger partial charge is 0.251 e. The second-order valence-corrected chi connectivity index (χ2v) is 5.19. The minimum Gasteiger partial charge on any atom is -0.343 e. The highest BCUT2D eigenvalue weighted by Crippen LogP contribution is 2.10. The lowest BCUT2D eigenvalue weighted by Crippen LogP contribution is -2.42. The van der Waals surface area contributed by atoms with Gasteiger partial charge in [0.2, 0.25) is 5.91 Å². The number of hydrogen-bond acceptors (Lipinski definition) is 3. The third-order valence-electron chi connectivity index (χ3n) is 3.22. The Bertz CT molecular complexity index is 470. The van der Waals surface area contributed by atoms with Gasteiger partial charge in [-0.15, -0.1) is 12.6 Å². The van der Waals surface area contributed by atoms with Gasteiger partial charge in [0.25, 0.3) is 5.91 Å². The van der Waals surface area contributed by atoms with E-state index in [-0.39, 0.29) is 18.4 Å². The number of nitrogens with one attached hydrogen (secondary N) is 1. The van der Waals surface area contributed by atoms with E-state index in [9.17, 15) is 9.59 Å². The lowest BCUT2D eigenvalue weighted by molar-refractivity contribution is -0.130. The molecule has 0 saturated carbocycles. The van der Waals surface area contributed by atoms with E-state index in [1.54, 1.807) is 24.3 Å². The number of rotatable bonds is 3. The van der Waals surface area contributed by atoms with Crippen molar-refractivity contribution in [2.45, 2.75) is 24.2 Å².